The molecule has 0 saturated heterocycles. The second kappa shape index (κ2) is 7.25. The van der Waals surface area contributed by atoms with Crippen molar-refractivity contribution in [3.63, 3.8) is 0 Å². The summed E-state index contributed by atoms with van der Waals surface area (Å²) < 4.78 is 32.0. The minimum absolute atomic E-state index is 0.103. The van der Waals surface area contributed by atoms with E-state index in [9.17, 15) is 8.78 Å². The molecule has 0 atom stereocenters. The van der Waals surface area contributed by atoms with Gasteiger partial charge in [0.15, 0.2) is 11.0 Å². The van der Waals surface area contributed by atoms with Crippen molar-refractivity contribution in [2.24, 2.45) is 7.05 Å². The van der Waals surface area contributed by atoms with E-state index in [1.807, 2.05) is 40.6 Å². The van der Waals surface area contributed by atoms with Gasteiger partial charge in [0.25, 0.3) is 5.89 Å². The second-order valence-electron chi connectivity index (χ2n) is 5.18. The van der Waals surface area contributed by atoms with Gasteiger partial charge in [-0.3, -0.25) is 0 Å². The first kappa shape index (κ1) is 17.3. The Hall–Kier alpha value is -2.11. The average Bonchev–Trinajstić information content (AvgIpc) is 3.39. The first-order valence-electron chi connectivity index (χ1n) is 7.37. The number of rotatable bonds is 6. The second-order valence-corrected chi connectivity index (χ2v) is 8.06. The van der Waals surface area contributed by atoms with Crippen LogP contribution in [0.25, 0.3) is 22.2 Å². The molecule has 0 radical (unpaired) electrons. The van der Waals surface area contributed by atoms with Gasteiger partial charge in [0.2, 0.25) is 5.89 Å². The van der Waals surface area contributed by atoms with Gasteiger partial charge in [-0.25, -0.2) is 0 Å². The summed E-state index contributed by atoms with van der Waals surface area (Å²) in [6.45, 7) is 0. The number of halogens is 2. The number of nitrogens with zero attached hydrogens (tertiary/aromatic N) is 5. The summed E-state index contributed by atoms with van der Waals surface area (Å²) >= 11 is 4.67. The molecule has 0 saturated carbocycles. The SMILES string of the molecule is Cn1c(SCc2cc(-c3nnc(C(F)F)o3)cs2)nnc1-c1cccs1. The van der Waals surface area contributed by atoms with E-state index in [0.717, 1.165) is 20.7 Å². The van der Waals surface area contributed by atoms with Gasteiger partial charge in [-0.15, -0.1) is 43.1 Å². The molecule has 6 nitrogen and oxygen atoms in total. The predicted octanol–water partition coefficient (Wildman–Crippen LogP) is 4.89. The monoisotopic (exact) mass is 411 g/mol. The zero-order valence-corrected chi connectivity index (χ0v) is 15.7. The van der Waals surface area contributed by atoms with Gasteiger partial charge < -0.3 is 8.98 Å². The summed E-state index contributed by atoms with van der Waals surface area (Å²) in [7, 11) is 1.93. The lowest BCUT2D eigenvalue weighted by atomic mass is 10.3. The molecule has 4 rings (SSSR count). The lowest BCUT2D eigenvalue weighted by Gasteiger charge is -2.01. The van der Waals surface area contributed by atoms with Crippen LogP contribution in [0.1, 0.15) is 17.2 Å². The molecule has 11 heteroatoms. The lowest BCUT2D eigenvalue weighted by Crippen LogP contribution is -1.93. The van der Waals surface area contributed by atoms with E-state index >= 15 is 0 Å². The van der Waals surface area contributed by atoms with Crippen LogP contribution >= 0.6 is 34.4 Å². The van der Waals surface area contributed by atoms with Crippen LogP contribution in [0.15, 0.2) is 38.5 Å². The van der Waals surface area contributed by atoms with Gasteiger partial charge in [-0.05, 0) is 17.5 Å². The standard InChI is InChI=1S/C15H11F2N5OS3/c1-22-12(10-3-2-4-24-10)18-21-15(22)26-7-9-5-8(6-25-9)13-19-20-14(23-13)11(16)17/h2-6,11H,7H2,1H3. The van der Waals surface area contributed by atoms with Crippen LogP contribution in [-0.2, 0) is 12.8 Å². The zero-order chi connectivity index (χ0) is 18.1. The summed E-state index contributed by atoms with van der Waals surface area (Å²) in [4.78, 5) is 2.11. The molecule has 134 valence electrons. The Balaban J connectivity index is 1.45. The molecule has 0 amide bonds. The maximum atomic E-state index is 12.5. The smallest absolute Gasteiger partial charge is 0.314 e. The number of hydrogen-bond acceptors (Lipinski definition) is 8. The van der Waals surface area contributed by atoms with E-state index in [-0.39, 0.29) is 5.89 Å². The Bertz CT molecular complexity index is 1010. The molecule has 4 aromatic rings. The van der Waals surface area contributed by atoms with Crippen molar-refractivity contribution in [3.8, 4) is 22.2 Å². The van der Waals surface area contributed by atoms with Crippen molar-refractivity contribution in [2.75, 3.05) is 0 Å². The maximum Gasteiger partial charge on any atom is 0.314 e. The molecule has 0 fully saturated rings. The van der Waals surface area contributed by atoms with E-state index < -0.39 is 12.3 Å². The van der Waals surface area contributed by atoms with Gasteiger partial charge in [0.1, 0.15) is 0 Å². The molecule has 26 heavy (non-hydrogen) atoms. The Morgan fingerprint density at radius 2 is 2.12 bits per heavy atom. The third-order valence-corrected chi connectivity index (χ3v) is 6.50. The molecule has 4 aromatic heterocycles. The molecular formula is C15H11F2N5OS3. The van der Waals surface area contributed by atoms with Crippen molar-refractivity contribution >= 4 is 34.4 Å². The third kappa shape index (κ3) is 3.41. The molecule has 0 aromatic carbocycles. The fraction of sp³-hybridized carbons (Fsp3) is 0.200. The largest absolute Gasteiger partial charge is 0.415 e. The quantitative estimate of drug-likeness (QED) is 0.421. The Morgan fingerprint density at radius 3 is 2.85 bits per heavy atom. The summed E-state index contributed by atoms with van der Waals surface area (Å²) in [5, 5.41) is 20.1. The Kier molecular flexibility index (Phi) is 4.83. The molecule has 0 spiro atoms. The summed E-state index contributed by atoms with van der Waals surface area (Å²) in [5.74, 6) is 0.949. The fourth-order valence-electron chi connectivity index (χ4n) is 2.20. The highest BCUT2D eigenvalue weighted by atomic mass is 32.2. The van der Waals surface area contributed by atoms with Crippen molar-refractivity contribution in [1.29, 1.82) is 0 Å². The van der Waals surface area contributed by atoms with Crippen LogP contribution in [0, 0.1) is 0 Å². The van der Waals surface area contributed by atoms with Crippen LogP contribution in [0.5, 0.6) is 0 Å². The molecule has 0 aliphatic rings. The van der Waals surface area contributed by atoms with Crippen LogP contribution in [0.2, 0.25) is 0 Å². The van der Waals surface area contributed by atoms with Crippen LogP contribution in [0.3, 0.4) is 0 Å². The van der Waals surface area contributed by atoms with E-state index in [2.05, 4.69) is 20.4 Å². The highest BCUT2D eigenvalue weighted by Crippen LogP contribution is 2.32. The van der Waals surface area contributed by atoms with Gasteiger partial charge in [-0.2, -0.15) is 8.78 Å². The summed E-state index contributed by atoms with van der Waals surface area (Å²) in [6, 6.07) is 5.84. The number of aromatic nitrogens is 5. The van der Waals surface area contributed by atoms with Crippen LogP contribution < -0.4 is 0 Å². The third-order valence-electron chi connectivity index (χ3n) is 3.45. The Labute approximate surface area is 158 Å². The minimum atomic E-state index is -2.77. The van der Waals surface area contributed by atoms with Gasteiger partial charge in [-0.1, -0.05) is 17.8 Å². The zero-order valence-electron chi connectivity index (χ0n) is 13.3. The normalized spacial score (nSPS) is 11.5. The molecule has 0 bridgehead atoms. The number of thiophene rings is 2. The van der Waals surface area contributed by atoms with Crippen molar-refractivity contribution in [2.45, 2.75) is 17.3 Å². The number of thioether (sulfide) groups is 1. The van der Waals surface area contributed by atoms with Crippen LogP contribution in [0.4, 0.5) is 8.78 Å². The van der Waals surface area contributed by atoms with Gasteiger partial charge in [0.05, 0.1) is 4.88 Å². The van der Waals surface area contributed by atoms with Crippen molar-refractivity contribution < 1.29 is 13.2 Å². The fourth-order valence-corrected chi connectivity index (χ4v) is 4.77. The first-order chi connectivity index (χ1) is 12.6. The highest BCUT2D eigenvalue weighted by molar-refractivity contribution is 7.98. The van der Waals surface area contributed by atoms with Gasteiger partial charge >= 0.3 is 6.43 Å². The predicted molar refractivity (Wildman–Crippen MR) is 96.4 cm³/mol. The first-order valence-corrected chi connectivity index (χ1v) is 10.1. The molecule has 0 aliphatic carbocycles. The molecule has 0 aliphatic heterocycles. The van der Waals surface area contributed by atoms with Crippen LogP contribution in [-0.4, -0.2) is 25.0 Å². The molecule has 4 heterocycles. The average molecular weight is 411 g/mol. The maximum absolute atomic E-state index is 12.5. The minimum Gasteiger partial charge on any atom is -0.415 e. The number of hydrogen-bond donors (Lipinski definition) is 0. The summed E-state index contributed by atoms with van der Waals surface area (Å²) in [6.07, 6.45) is -2.77. The van der Waals surface area contributed by atoms with E-state index in [4.69, 9.17) is 4.42 Å². The Morgan fingerprint density at radius 1 is 1.23 bits per heavy atom. The van der Waals surface area contributed by atoms with E-state index in [1.165, 1.54) is 11.3 Å². The van der Waals surface area contributed by atoms with E-state index in [1.54, 1.807) is 23.1 Å². The molecular weight excluding hydrogens is 400 g/mol. The van der Waals surface area contributed by atoms with Crippen molar-refractivity contribution in [1.82, 2.24) is 25.0 Å². The number of alkyl halides is 2. The summed E-state index contributed by atoms with van der Waals surface area (Å²) in [5.41, 5.74) is 0.641. The van der Waals surface area contributed by atoms with Gasteiger partial charge in [0, 0.05) is 28.6 Å². The topological polar surface area (TPSA) is 69.6 Å². The highest BCUT2D eigenvalue weighted by Gasteiger charge is 2.18. The lowest BCUT2D eigenvalue weighted by molar-refractivity contribution is 0.116. The van der Waals surface area contributed by atoms with E-state index in [0.29, 0.717) is 11.3 Å². The molecule has 0 N–H and O–H groups in total. The molecule has 0 unspecified atom stereocenters. The van der Waals surface area contributed by atoms with Crippen molar-refractivity contribution in [3.05, 3.63) is 39.7 Å².